The second kappa shape index (κ2) is 8.12. The van der Waals surface area contributed by atoms with Gasteiger partial charge in [-0.1, -0.05) is 33.6 Å². The molecular formula is C14H26N2O2S2. The molecule has 0 fully saturated rings. The summed E-state index contributed by atoms with van der Waals surface area (Å²) in [6.07, 6.45) is 3.03. The van der Waals surface area contributed by atoms with E-state index in [0.29, 0.717) is 16.8 Å². The smallest absolute Gasteiger partial charge is 0.250 e. The van der Waals surface area contributed by atoms with Gasteiger partial charge in [-0.3, -0.25) is 0 Å². The zero-order valence-corrected chi connectivity index (χ0v) is 14.5. The monoisotopic (exact) mass is 318 g/mol. The van der Waals surface area contributed by atoms with Crippen LogP contribution < -0.4 is 10.0 Å². The van der Waals surface area contributed by atoms with Crippen LogP contribution in [0.5, 0.6) is 0 Å². The zero-order valence-electron chi connectivity index (χ0n) is 12.8. The molecule has 0 saturated carbocycles. The average Bonchev–Trinajstić information content (AvgIpc) is 2.74. The van der Waals surface area contributed by atoms with Crippen molar-refractivity contribution in [3.8, 4) is 0 Å². The van der Waals surface area contributed by atoms with Gasteiger partial charge in [0.2, 0.25) is 10.0 Å². The number of sulfonamides is 1. The molecule has 0 unspecified atom stereocenters. The summed E-state index contributed by atoms with van der Waals surface area (Å²) in [6, 6.07) is 2.16. The van der Waals surface area contributed by atoms with Gasteiger partial charge in [0.15, 0.2) is 0 Å². The van der Waals surface area contributed by atoms with Crippen LogP contribution in [-0.4, -0.2) is 21.0 Å². The minimum atomic E-state index is -3.34. The lowest BCUT2D eigenvalue weighted by atomic mass is 10.3. The van der Waals surface area contributed by atoms with Crippen molar-refractivity contribution in [2.24, 2.45) is 0 Å². The van der Waals surface area contributed by atoms with Gasteiger partial charge in [0.1, 0.15) is 4.21 Å². The molecule has 1 heterocycles. The molecule has 0 radical (unpaired) electrons. The fourth-order valence-electron chi connectivity index (χ4n) is 1.75. The summed E-state index contributed by atoms with van der Waals surface area (Å²) in [5, 5.41) is 3.32. The van der Waals surface area contributed by atoms with E-state index in [4.69, 9.17) is 0 Å². The Kier molecular flexibility index (Phi) is 7.15. The first kappa shape index (κ1) is 17.6. The van der Waals surface area contributed by atoms with Crippen molar-refractivity contribution in [1.82, 2.24) is 10.0 Å². The molecule has 0 aliphatic carbocycles. The minimum Gasteiger partial charge on any atom is -0.310 e. The maximum Gasteiger partial charge on any atom is 0.250 e. The minimum absolute atomic E-state index is 0.392. The van der Waals surface area contributed by atoms with E-state index in [9.17, 15) is 8.42 Å². The van der Waals surface area contributed by atoms with Gasteiger partial charge < -0.3 is 5.32 Å². The van der Waals surface area contributed by atoms with Crippen LogP contribution in [0.2, 0.25) is 0 Å². The molecule has 0 spiro atoms. The lowest BCUT2D eigenvalue weighted by Gasteiger charge is -2.06. The standard InChI is InChI=1S/C14H26N2O2S2/c1-5-6-7-8-16-20(17,18)14-9-12(4)13(19-14)10-15-11(2)3/h9,11,15-16H,5-8,10H2,1-4H3. The first-order valence-corrected chi connectivity index (χ1v) is 9.49. The number of unbranched alkanes of at least 4 members (excludes halogenated alkanes) is 2. The maximum absolute atomic E-state index is 12.2. The molecule has 6 heteroatoms. The Bertz CT molecular complexity index is 507. The third-order valence-electron chi connectivity index (χ3n) is 3.01. The molecule has 1 aromatic heterocycles. The van der Waals surface area contributed by atoms with Crippen LogP contribution in [0.15, 0.2) is 10.3 Å². The Morgan fingerprint density at radius 1 is 1.30 bits per heavy atom. The Balaban J connectivity index is 2.68. The fourth-order valence-corrected chi connectivity index (χ4v) is 4.40. The Labute approximate surface area is 127 Å². The van der Waals surface area contributed by atoms with Crippen molar-refractivity contribution in [2.45, 2.75) is 63.8 Å². The topological polar surface area (TPSA) is 58.2 Å². The van der Waals surface area contributed by atoms with Crippen LogP contribution in [0.25, 0.3) is 0 Å². The lowest BCUT2D eigenvalue weighted by Crippen LogP contribution is -2.24. The molecule has 0 bridgehead atoms. The SMILES string of the molecule is CCCCCNS(=O)(=O)c1cc(C)c(CNC(C)C)s1. The van der Waals surface area contributed by atoms with Gasteiger partial charge in [-0.25, -0.2) is 13.1 Å². The fraction of sp³-hybridized carbons (Fsp3) is 0.714. The van der Waals surface area contributed by atoms with Gasteiger partial charge >= 0.3 is 0 Å². The summed E-state index contributed by atoms with van der Waals surface area (Å²) in [5.74, 6) is 0. The first-order chi connectivity index (χ1) is 9.36. The molecule has 0 aliphatic heterocycles. The second-order valence-corrected chi connectivity index (χ2v) is 8.44. The molecule has 1 aromatic rings. The van der Waals surface area contributed by atoms with Crippen LogP contribution in [0.4, 0.5) is 0 Å². The molecule has 4 nitrogen and oxygen atoms in total. The lowest BCUT2D eigenvalue weighted by molar-refractivity contribution is 0.578. The molecule has 20 heavy (non-hydrogen) atoms. The van der Waals surface area contributed by atoms with Crippen molar-refractivity contribution < 1.29 is 8.42 Å². The van der Waals surface area contributed by atoms with E-state index in [1.165, 1.54) is 11.3 Å². The normalized spacial score (nSPS) is 12.2. The molecule has 0 amide bonds. The summed E-state index contributed by atoms with van der Waals surface area (Å²) >= 11 is 1.36. The quantitative estimate of drug-likeness (QED) is 0.688. The summed E-state index contributed by atoms with van der Waals surface area (Å²) < 4.78 is 27.5. The van der Waals surface area contributed by atoms with E-state index in [2.05, 4.69) is 30.8 Å². The third-order valence-corrected chi connectivity index (χ3v) is 6.18. The summed E-state index contributed by atoms with van der Waals surface area (Å²) in [4.78, 5) is 1.09. The van der Waals surface area contributed by atoms with Crippen LogP contribution >= 0.6 is 11.3 Å². The van der Waals surface area contributed by atoms with Crippen molar-refractivity contribution in [3.05, 3.63) is 16.5 Å². The highest BCUT2D eigenvalue weighted by Gasteiger charge is 2.18. The number of thiophene rings is 1. The summed E-state index contributed by atoms with van der Waals surface area (Å²) in [5.41, 5.74) is 1.04. The molecule has 2 N–H and O–H groups in total. The number of aryl methyl sites for hydroxylation is 1. The molecule has 0 atom stereocenters. The summed E-state index contributed by atoms with van der Waals surface area (Å²) in [7, 11) is -3.34. The van der Waals surface area contributed by atoms with Crippen molar-refractivity contribution >= 4 is 21.4 Å². The van der Waals surface area contributed by atoms with Gasteiger partial charge in [0, 0.05) is 24.0 Å². The Morgan fingerprint density at radius 3 is 2.60 bits per heavy atom. The highest BCUT2D eigenvalue weighted by Crippen LogP contribution is 2.25. The maximum atomic E-state index is 12.2. The number of nitrogens with one attached hydrogen (secondary N) is 2. The number of rotatable bonds is 9. The molecule has 116 valence electrons. The highest BCUT2D eigenvalue weighted by atomic mass is 32.2. The molecule has 0 aromatic carbocycles. The first-order valence-electron chi connectivity index (χ1n) is 7.19. The van der Waals surface area contributed by atoms with Gasteiger partial charge in [0.25, 0.3) is 0 Å². The molecule has 0 saturated heterocycles. The largest absolute Gasteiger partial charge is 0.310 e. The highest BCUT2D eigenvalue weighted by molar-refractivity contribution is 7.91. The molecular weight excluding hydrogens is 292 g/mol. The van der Waals surface area contributed by atoms with Gasteiger partial charge in [-0.15, -0.1) is 11.3 Å². The van der Waals surface area contributed by atoms with Crippen molar-refractivity contribution in [3.63, 3.8) is 0 Å². The van der Waals surface area contributed by atoms with E-state index in [-0.39, 0.29) is 0 Å². The molecule has 0 aliphatic rings. The number of hydrogen-bond acceptors (Lipinski definition) is 4. The van der Waals surface area contributed by atoms with E-state index in [1.54, 1.807) is 6.07 Å². The van der Waals surface area contributed by atoms with Crippen molar-refractivity contribution in [1.29, 1.82) is 0 Å². The van der Waals surface area contributed by atoms with E-state index >= 15 is 0 Å². The summed E-state index contributed by atoms with van der Waals surface area (Å²) in [6.45, 7) is 9.47. The van der Waals surface area contributed by atoms with Gasteiger partial charge in [0.05, 0.1) is 0 Å². The van der Waals surface area contributed by atoms with E-state index in [1.807, 2.05) is 6.92 Å². The Hall–Kier alpha value is -0.430. The van der Waals surface area contributed by atoms with Crippen LogP contribution in [-0.2, 0) is 16.6 Å². The van der Waals surface area contributed by atoms with E-state index in [0.717, 1.165) is 36.2 Å². The second-order valence-electron chi connectivity index (χ2n) is 5.31. The van der Waals surface area contributed by atoms with E-state index < -0.39 is 10.0 Å². The number of hydrogen-bond donors (Lipinski definition) is 2. The zero-order chi connectivity index (χ0) is 15.2. The van der Waals surface area contributed by atoms with Gasteiger partial charge in [-0.05, 0) is 25.0 Å². The van der Waals surface area contributed by atoms with Crippen LogP contribution in [0, 0.1) is 6.92 Å². The van der Waals surface area contributed by atoms with Crippen LogP contribution in [0.3, 0.4) is 0 Å². The predicted octanol–water partition coefficient (Wildman–Crippen LogP) is 3.02. The average molecular weight is 319 g/mol. The van der Waals surface area contributed by atoms with Crippen molar-refractivity contribution in [2.75, 3.05) is 6.54 Å². The molecule has 1 rings (SSSR count). The predicted molar refractivity (Wildman–Crippen MR) is 85.7 cm³/mol. The Morgan fingerprint density at radius 2 is 2.00 bits per heavy atom. The third kappa shape index (κ3) is 5.52. The van der Waals surface area contributed by atoms with Crippen LogP contribution in [0.1, 0.15) is 50.5 Å². The van der Waals surface area contributed by atoms with Gasteiger partial charge in [-0.2, -0.15) is 0 Å².